The molecule has 1 N–H and O–H groups in total. The highest BCUT2D eigenvalue weighted by atomic mass is 16.5. The zero-order valence-electron chi connectivity index (χ0n) is 9.45. The van der Waals surface area contributed by atoms with Crippen LogP contribution in [0.3, 0.4) is 0 Å². The maximum absolute atomic E-state index is 5.65. The lowest BCUT2D eigenvalue weighted by Crippen LogP contribution is -2.28. The van der Waals surface area contributed by atoms with Crippen molar-refractivity contribution in [3.05, 3.63) is 29.8 Å². The van der Waals surface area contributed by atoms with Gasteiger partial charge in [0.25, 0.3) is 0 Å². The molecule has 0 saturated heterocycles. The molecule has 1 unspecified atom stereocenters. The van der Waals surface area contributed by atoms with Gasteiger partial charge in [-0.05, 0) is 31.5 Å². The minimum Gasteiger partial charge on any atom is -0.488 e. The van der Waals surface area contributed by atoms with Crippen molar-refractivity contribution in [3.8, 4) is 5.75 Å². The molecule has 0 aliphatic carbocycles. The van der Waals surface area contributed by atoms with Gasteiger partial charge in [-0.3, -0.25) is 0 Å². The van der Waals surface area contributed by atoms with Crippen LogP contribution in [0.2, 0.25) is 0 Å². The summed E-state index contributed by atoms with van der Waals surface area (Å²) in [4.78, 5) is 4.59. The fourth-order valence-corrected chi connectivity index (χ4v) is 1.96. The molecule has 1 aliphatic heterocycles. The minimum atomic E-state index is 0.322. The van der Waals surface area contributed by atoms with Gasteiger partial charge in [-0.2, -0.15) is 0 Å². The Balaban J connectivity index is 2.20. The van der Waals surface area contributed by atoms with Gasteiger partial charge in [-0.25, -0.2) is 4.98 Å². The van der Waals surface area contributed by atoms with Crippen LogP contribution >= 0.6 is 0 Å². The van der Waals surface area contributed by atoms with Crippen LogP contribution in [-0.2, 0) is 0 Å². The summed E-state index contributed by atoms with van der Waals surface area (Å²) in [6.45, 7) is 4.87. The Hall–Kier alpha value is -1.77. The predicted molar refractivity (Wildman–Crippen MR) is 65.1 cm³/mol. The molecule has 1 aromatic carbocycles. The number of ether oxygens (including phenoxy) is 1. The maximum atomic E-state index is 5.65. The van der Waals surface area contributed by atoms with Crippen LogP contribution in [-0.4, -0.2) is 17.6 Å². The number of hydrogen-bond donors (Lipinski definition) is 1. The molecular formula is C13H14N2O. The molecule has 3 heteroatoms. The number of pyridine rings is 1. The number of benzene rings is 1. The Kier molecular flexibility index (Phi) is 1.99. The van der Waals surface area contributed by atoms with Gasteiger partial charge in [-0.15, -0.1) is 0 Å². The summed E-state index contributed by atoms with van der Waals surface area (Å²) in [7, 11) is 0. The lowest BCUT2D eigenvalue weighted by Gasteiger charge is -2.24. The SMILES string of the molecule is Cc1ccc2cc3c(nc2c1)NC(C)CO3. The van der Waals surface area contributed by atoms with Crippen molar-refractivity contribution in [2.75, 3.05) is 11.9 Å². The van der Waals surface area contributed by atoms with E-state index >= 15 is 0 Å². The molecule has 1 aromatic heterocycles. The smallest absolute Gasteiger partial charge is 0.169 e. The average Bonchev–Trinajstić information content (AvgIpc) is 2.26. The van der Waals surface area contributed by atoms with Crippen LogP contribution in [0.5, 0.6) is 5.75 Å². The van der Waals surface area contributed by atoms with E-state index in [1.165, 1.54) is 5.56 Å². The fourth-order valence-electron chi connectivity index (χ4n) is 1.96. The number of aromatic nitrogens is 1. The number of hydrogen-bond acceptors (Lipinski definition) is 3. The molecule has 1 atom stereocenters. The van der Waals surface area contributed by atoms with Crippen molar-refractivity contribution >= 4 is 16.7 Å². The van der Waals surface area contributed by atoms with Crippen LogP contribution in [0.1, 0.15) is 12.5 Å². The van der Waals surface area contributed by atoms with E-state index in [2.05, 4.69) is 48.4 Å². The van der Waals surface area contributed by atoms with Crippen molar-refractivity contribution < 1.29 is 4.74 Å². The van der Waals surface area contributed by atoms with E-state index in [-0.39, 0.29) is 0 Å². The number of nitrogens with one attached hydrogen (secondary N) is 1. The summed E-state index contributed by atoms with van der Waals surface area (Å²) < 4.78 is 5.65. The first-order valence-corrected chi connectivity index (χ1v) is 5.53. The van der Waals surface area contributed by atoms with Gasteiger partial charge in [0.05, 0.1) is 11.6 Å². The molecule has 0 spiro atoms. The standard InChI is InChI=1S/C13H14N2O/c1-8-3-4-10-6-12-13(15-11(10)5-8)14-9(2)7-16-12/h3-6,9H,7H2,1-2H3,(H,14,15). The fraction of sp³-hybridized carbons (Fsp3) is 0.308. The lowest BCUT2D eigenvalue weighted by atomic mass is 10.1. The van der Waals surface area contributed by atoms with Crippen molar-refractivity contribution in [1.29, 1.82) is 0 Å². The van der Waals surface area contributed by atoms with Gasteiger partial charge < -0.3 is 10.1 Å². The zero-order valence-corrected chi connectivity index (χ0v) is 9.45. The van der Waals surface area contributed by atoms with E-state index in [1.807, 2.05) is 0 Å². The summed E-state index contributed by atoms with van der Waals surface area (Å²) in [5.74, 6) is 1.71. The monoisotopic (exact) mass is 214 g/mol. The Morgan fingerprint density at radius 2 is 2.25 bits per heavy atom. The molecule has 3 nitrogen and oxygen atoms in total. The molecule has 0 bridgehead atoms. The Morgan fingerprint density at radius 1 is 1.38 bits per heavy atom. The zero-order chi connectivity index (χ0) is 11.1. The molecule has 2 heterocycles. The minimum absolute atomic E-state index is 0.322. The number of rotatable bonds is 0. The first-order chi connectivity index (χ1) is 7.72. The summed E-state index contributed by atoms with van der Waals surface area (Å²) in [5.41, 5.74) is 2.24. The van der Waals surface area contributed by atoms with Crippen molar-refractivity contribution in [2.45, 2.75) is 19.9 Å². The molecule has 0 amide bonds. The molecular weight excluding hydrogens is 200 g/mol. The highest BCUT2D eigenvalue weighted by molar-refractivity contribution is 5.83. The average molecular weight is 214 g/mol. The Morgan fingerprint density at radius 3 is 3.12 bits per heavy atom. The third kappa shape index (κ3) is 1.48. The van der Waals surface area contributed by atoms with Crippen LogP contribution in [0.25, 0.3) is 10.9 Å². The molecule has 0 saturated carbocycles. The van der Waals surface area contributed by atoms with E-state index in [0.29, 0.717) is 12.6 Å². The van der Waals surface area contributed by atoms with Crippen LogP contribution in [0.4, 0.5) is 5.82 Å². The summed E-state index contributed by atoms with van der Waals surface area (Å²) in [6, 6.07) is 8.64. The normalized spacial score (nSPS) is 18.8. The largest absolute Gasteiger partial charge is 0.488 e. The first-order valence-electron chi connectivity index (χ1n) is 5.53. The highest BCUT2D eigenvalue weighted by Gasteiger charge is 2.16. The molecule has 2 aromatic rings. The molecule has 1 aliphatic rings. The lowest BCUT2D eigenvalue weighted by molar-refractivity contribution is 0.290. The molecule has 82 valence electrons. The maximum Gasteiger partial charge on any atom is 0.169 e. The first kappa shape index (κ1) is 9.46. The van der Waals surface area contributed by atoms with Gasteiger partial charge >= 0.3 is 0 Å². The number of fused-ring (bicyclic) bond motifs is 2. The molecule has 0 radical (unpaired) electrons. The number of aryl methyl sites for hydroxylation is 1. The summed E-state index contributed by atoms with van der Waals surface area (Å²) in [5, 5.41) is 4.46. The van der Waals surface area contributed by atoms with E-state index < -0.39 is 0 Å². The van der Waals surface area contributed by atoms with E-state index in [0.717, 1.165) is 22.5 Å². The predicted octanol–water partition coefficient (Wildman–Crippen LogP) is 2.74. The molecule has 16 heavy (non-hydrogen) atoms. The van der Waals surface area contributed by atoms with Crippen LogP contribution in [0.15, 0.2) is 24.3 Å². The van der Waals surface area contributed by atoms with Gasteiger partial charge in [0.2, 0.25) is 0 Å². The third-order valence-electron chi connectivity index (χ3n) is 2.81. The van der Waals surface area contributed by atoms with Gasteiger partial charge in [-0.1, -0.05) is 12.1 Å². The van der Waals surface area contributed by atoms with E-state index in [9.17, 15) is 0 Å². The number of anilines is 1. The third-order valence-corrected chi connectivity index (χ3v) is 2.81. The highest BCUT2D eigenvalue weighted by Crippen LogP contribution is 2.30. The summed E-state index contributed by atoms with van der Waals surface area (Å²) >= 11 is 0. The topological polar surface area (TPSA) is 34.2 Å². The Bertz CT molecular complexity index is 551. The van der Waals surface area contributed by atoms with Gasteiger partial charge in [0.15, 0.2) is 11.6 Å². The second-order valence-corrected chi connectivity index (χ2v) is 4.39. The van der Waals surface area contributed by atoms with Crippen molar-refractivity contribution in [2.24, 2.45) is 0 Å². The van der Waals surface area contributed by atoms with E-state index in [4.69, 9.17) is 4.74 Å². The Labute approximate surface area is 94.5 Å². The molecule has 3 rings (SSSR count). The van der Waals surface area contributed by atoms with Crippen LogP contribution in [0, 0.1) is 6.92 Å². The van der Waals surface area contributed by atoms with Gasteiger partial charge in [0, 0.05) is 5.39 Å². The second kappa shape index (κ2) is 3.37. The quantitative estimate of drug-likeness (QED) is 0.732. The van der Waals surface area contributed by atoms with Crippen molar-refractivity contribution in [1.82, 2.24) is 4.98 Å². The van der Waals surface area contributed by atoms with Crippen molar-refractivity contribution in [3.63, 3.8) is 0 Å². The van der Waals surface area contributed by atoms with E-state index in [1.54, 1.807) is 0 Å². The van der Waals surface area contributed by atoms with Crippen LogP contribution < -0.4 is 10.1 Å². The second-order valence-electron chi connectivity index (χ2n) is 4.39. The molecule has 0 fully saturated rings. The number of nitrogens with zero attached hydrogens (tertiary/aromatic N) is 1. The van der Waals surface area contributed by atoms with Gasteiger partial charge in [0.1, 0.15) is 6.61 Å². The summed E-state index contributed by atoms with van der Waals surface area (Å²) in [6.07, 6.45) is 0.